The van der Waals surface area contributed by atoms with E-state index in [2.05, 4.69) is 83.4 Å². The topological polar surface area (TPSA) is 84.1 Å². The fraction of sp³-hybridized carbons (Fsp3) is 0.0169. The van der Waals surface area contributed by atoms with Crippen molar-refractivity contribution < 1.29 is 9.90 Å². The Labute approximate surface area is 381 Å². The van der Waals surface area contributed by atoms with Crippen LogP contribution >= 0.6 is 0 Å². The third-order valence-electron chi connectivity index (χ3n) is 12.5. The highest BCUT2D eigenvalue weighted by Gasteiger charge is 2.41. The minimum Gasteiger partial charge on any atom is -0.369 e. The molecule has 1 unspecified atom stereocenters. The molecule has 66 heavy (non-hydrogen) atoms. The Hall–Kier alpha value is -8.78. The van der Waals surface area contributed by atoms with Gasteiger partial charge in [0.2, 0.25) is 0 Å². The molecule has 2 aromatic heterocycles. The molecule has 0 spiro atoms. The van der Waals surface area contributed by atoms with Crippen LogP contribution in [0.5, 0.6) is 0 Å². The molecule has 0 bridgehead atoms. The second-order valence-corrected chi connectivity index (χ2v) is 16.4. The van der Waals surface area contributed by atoms with Crippen LogP contribution in [0.2, 0.25) is 0 Å². The number of nitrogens with zero attached hydrogens (tertiary/aromatic N) is 5. The van der Waals surface area contributed by atoms with Gasteiger partial charge in [-0.15, -0.1) is 0 Å². The highest BCUT2D eigenvalue weighted by atomic mass is 16.3. The van der Waals surface area contributed by atoms with E-state index in [-0.39, 0.29) is 5.91 Å². The summed E-state index contributed by atoms with van der Waals surface area (Å²) in [5, 5.41) is 14.7. The third-order valence-corrected chi connectivity index (χ3v) is 12.5. The molecule has 1 amide bonds. The molecule has 7 nitrogen and oxygen atoms in total. The van der Waals surface area contributed by atoms with Crippen LogP contribution in [-0.4, -0.2) is 30.5 Å². The van der Waals surface area contributed by atoms with Gasteiger partial charge < -0.3 is 9.67 Å². The van der Waals surface area contributed by atoms with E-state index in [1.54, 1.807) is 4.90 Å². The highest BCUT2D eigenvalue weighted by Crippen LogP contribution is 2.49. The molecule has 1 aliphatic heterocycles. The lowest BCUT2D eigenvalue weighted by Crippen LogP contribution is -2.29. The van der Waals surface area contributed by atoms with Gasteiger partial charge in [0.05, 0.1) is 28.0 Å². The number of carbonyl (C=O) groups excluding carboxylic acids is 1. The zero-order valence-electron chi connectivity index (χ0n) is 35.5. The number of para-hydroxylation sites is 1. The lowest BCUT2D eigenvalue weighted by molar-refractivity contribution is 0.0935. The number of aromatic nitrogens is 4. The second-order valence-electron chi connectivity index (χ2n) is 16.4. The molecular weight excluding hydrogens is 811 g/mol. The monoisotopic (exact) mass is 849 g/mol. The Bertz CT molecular complexity index is 3500. The molecule has 0 aliphatic carbocycles. The molecule has 7 heteroatoms. The summed E-state index contributed by atoms with van der Waals surface area (Å²) in [4.78, 5) is 32.3. The maximum atomic E-state index is 15.7. The molecule has 11 aromatic rings. The van der Waals surface area contributed by atoms with Crippen molar-refractivity contribution in [2.45, 2.75) is 6.23 Å². The van der Waals surface area contributed by atoms with Crippen LogP contribution in [0.3, 0.4) is 0 Å². The van der Waals surface area contributed by atoms with Gasteiger partial charge in [-0.3, -0.25) is 9.69 Å². The Morgan fingerprint density at radius 1 is 0.394 bits per heavy atom. The van der Waals surface area contributed by atoms with Gasteiger partial charge in [0.1, 0.15) is 0 Å². The number of aliphatic hydroxyl groups excluding tert-OH is 1. The van der Waals surface area contributed by atoms with Gasteiger partial charge in [-0.25, -0.2) is 15.0 Å². The average Bonchev–Trinajstić information content (AvgIpc) is 3.86. The van der Waals surface area contributed by atoms with E-state index >= 15 is 4.79 Å². The van der Waals surface area contributed by atoms with Crippen LogP contribution in [0.1, 0.15) is 22.1 Å². The summed E-state index contributed by atoms with van der Waals surface area (Å²) in [6.07, 6.45) is -1.28. The minimum absolute atomic E-state index is 0.297. The zero-order valence-corrected chi connectivity index (χ0v) is 35.5. The van der Waals surface area contributed by atoms with E-state index < -0.39 is 6.23 Å². The molecule has 1 aliphatic rings. The van der Waals surface area contributed by atoms with Crippen LogP contribution in [0, 0.1) is 0 Å². The fourth-order valence-electron chi connectivity index (χ4n) is 9.46. The molecular formula is C59H39N5O2. The lowest BCUT2D eigenvalue weighted by Gasteiger charge is -2.28. The van der Waals surface area contributed by atoms with Gasteiger partial charge in [-0.2, -0.15) is 0 Å². The Balaban J connectivity index is 1.06. The molecule has 1 atom stereocenters. The maximum absolute atomic E-state index is 15.7. The van der Waals surface area contributed by atoms with Gasteiger partial charge in [0.25, 0.3) is 5.91 Å². The number of hydrogen-bond acceptors (Lipinski definition) is 5. The molecule has 9 aromatic carbocycles. The smallest absolute Gasteiger partial charge is 0.263 e. The van der Waals surface area contributed by atoms with E-state index in [4.69, 9.17) is 15.0 Å². The molecule has 1 N–H and O–H groups in total. The molecule has 0 fully saturated rings. The summed E-state index contributed by atoms with van der Waals surface area (Å²) < 4.78 is 2.15. The Morgan fingerprint density at radius 3 is 1.42 bits per heavy atom. The van der Waals surface area contributed by atoms with Crippen LogP contribution in [0.25, 0.3) is 95.0 Å². The number of aliphatic hydroxyl groups is 1. The molecule has 0 radical (unpaired) electrons. The predicted molar refractivity (Wildman–Crippen MR) is 265 cm³/mol. The quantitative estimate of drug-likeness (QED) is 0.165. The number of carbonyl (C=O) groups is 1. The molecule has 0 saturated carbocycles. The predicted octanol–water partition coefficient (Wildman–Crippen LogP) is 13.6. The average molecular weight is 850 g/mol. The van der Waals surface area contributed by atoms with Gasteiger partial charge in [-0.1, -0.05) is 194 Å². The van der Waals surface area contributed by atoms with Crippen molar-refractivity contribution in [1.29, 1.82) is 0 Å². The minimum atomic E-state index is -1.28. The van der Waals surface area contributed by atoms with Crippen LogP contribution < -0.4 is 4.90 Å². The standard InChI is InChI=1S/C59H39N5O2/c65-58-47-30-18-32-51(53(47)59(66)64(58)54-48(39-21-8-2-9-22-39)35-44(38-19-6-1-7-20-38)36-49(54)40-23-10-3-11-24-40)63-50-31-17-16-29-45(50)46-34-33-43(37-52(46)63)57-61-55(41-25-12-4-13-26-41)60-56(62-57)42-27-14-5-15-28-42/h1-37,58,65H. The van der Waals surface area contributed by atoms with Crippen LogP contribution in [0.4, 0.5) is 5.69 Å². The summed E-state index contributed by atoms with van der Waals surface area (Å²) >= 11 is 0. The van der Waals surface area contributed by atoms with Gasteiger partial charge >= 0.3 is 0 Å². The first-order chi connectivity index (χ1) is 32.6. The van der Waals surface area contributed by atoms with E-state index in [0.29, 0.717) is 40.0 Å². The lowest BCUT2D eigenvalue weighted by atomic mass is 9.90. The highest BCUT2D eigenvalue weighted by molar-refractivity contribution is 6.18. The molecule has 312 valence electrons. The normalized spacial score (nSPS) is 13.4. The third kappa shape index (κ3) is 6.57. The summed E-state index contributed by atoms with van der Waals surface area (Å²) in [6, 6.07) is 74.9. The van der Waals surface area contributed by atoms with Crippen molar-refractivity contribution in [1.82, 2.24) is 19.5 Å². The first kappa shape index (κ1) is 38.9. The number of hydrogen-bond donors (Lipinski definition) is 1. The van der Waals surface area contributed by atoms with E-state index in [0.717, 1.165) is 71.9 Å². The summed E-state index contributed by atoms with van der Waals surface area (Å²) in [6.45, 7) is 0. The van der Waals surface area contributed by atoms with Crippen molar-refractivity contribution in [2.75, 3.05) is 4.90 Å². The first-order valence-electron chi connectivity index (χ1n) is 22.0. The SMILES string of the molecule is O=C1c2c(cccc2-n2c3ccccc3c3ccc(-c4nc(-c5ccccc5)nc(-c5ccccc5)n4)cc32)C(O)N1c1c(-c2ccccc2)cc(-c2ccccc2)cc1-c1ccccc1. The van der Waals surface area contributed by atoms with Gasteiger partial charge in [0.15, 0.2) is 23.7 Å². The fourth-order valence-corrected chi connectivity index (χ4v) is 9.46. The number of benzene rings is 9. The number of anilines is 1. The van der Waals surface area contributed by atoms with Gasteiger partial charge in [-0.05, 0) is 52.6 Å². The van der Waals surface area contributed by atoms with Crippen LogP contribution in [0.15, 0.2) is 224 Å². The number of fused-ring (bicyclic) bond motifs is 4. The largest absolute Gasteiger partial charge is 0.369 e. The number of amides is 1. The van der Waals surface area contributed by atoms with E-state index in [1.165, 1.54) is 0 Å². The summed E-state index contributed by atoms with van der Waals surface area (Å²) in [5.41, 5.74) is 12.2. The van der Waals surface area contributed by atoms with Crippen molar-refractivity contribution in [3.8, 4) is 73.2 Å². The summed E-state index contributed by atoms with van der Waals surface area (Å²) in [7, 11) is 0. The van der Waals surface area contributed by atoms with E-state index in [9.17, 15) is 5.11 Å². The van der Waals surface area contributed by atoms with E-state index in [1.807, 2.05) is 146 Å². The first-order valence-corrected chi connectivity index (χ1v) is 22.0. The van der Waals surface area contributed by atoms with Crippen molar-refractivity contribution in [2.24, 2.45) is 0 Å². The van der Waals surface area contributed by atoms with Crippen molar-refractivity contribution in [3.05, 3.63) is 236 Å². The molecule has 12 rings (SSSR count). The summed E-state index contributed by atoms with van der Waals surface area (Å²) in [5.74, 6) is 1.37. The Kier molecular flexibility index (Phi) is 9.47. The Morgan fingerprint density at radius 2 is 0.864 bits per heavy atom. The zero-order chi connectivity index (χ0) is 44.1. The number of rotatable bonds is 8. The van der Waals surface area contributed by atoms with Gasteiger partial charge in [0, 0.05) is 44.2 Å². The van der Waals surface area contributed by atoms with Crippen LogP contribution in [-0.2, 0) is 0 Å². The maximum Gasteiger partial charge on any atom is 0.263 e. The molecule has 3 heterocycles. The van der Waals surface area contributed by atoms with Crippen molar-refractivity contribution >= 4 is 33.4 Å². The second kappa shape index (κ2) is 16.1. The molecule has 0 saturated heterocycles. The van der Waals surface area contributed by atoms with Crippen molar-refractivity contribution in [3.63, 3.8) is 0 Å².